The van der Waals surface area contributed by atoms with Crippen molar-refractivity contribution in [2.45, 2.75) is 26.2 Å². The molecule has 16 heavy (non-hydrogen) atoms. The molecule has 0 saturated carbocycles. The van der Waals surface area contributed by atoms with Gasteiger partial charge in [0.15, 0.2) is 0 Å². The molecule has 0 aliphatic carbocycles. The number of ether oxygens (including phenoxy) is 1. The van der Waals surface area contributed by atoms with Gasteiger partial charge in [-0.05, 0) is 33.6 Å². The molecule has 1 rings (SSSR count). The smallest absolute Gasteiger partial charge is 0.404 e. The molecule has 4 nitrogen and oxygen atoms in total. The molecule has 0 aromatic carbocycles. The quantitative estimate of drug-likeness (QED) is 0.632. The first-order valence-electron chi connectivity index (χ1n) is 4.55. The summed E-state index contributed by atoms with van der Waals surface area (Å²) in [5.41, 5.74) is 5.44. The molecule has 0 unspecified atom stereocenters. The highest BCUT2D eigenvalue weighted by atomic mass is 127. The first kappa shape index (κ1) is 13.1. The fourth-order valence-corrected chi connectivity index (χ4v) is 2.44. The number of aromatic nitrogens is 1. The molecule has 0 saturated heterocycles. The molecular weight excluding hydrogens is 326 g/mol. The third-order valence-electron chi connectivity index (χ3n) is 1.94. The molecule has 0 bridgehead atoms. The summed E-state index contributed by atoms with van der Waals surface area (Å²) in [6.07, 6.45) is 0.384. The van der Waals surface area contributed by atoms with Crippen molar-refractivity contribution in [3.63, 3.8) is 0 Å². The Morgan fingerprint density at radius 2 is 2.12 bits per heavy atom. The highest BCUT2D eigenvalue weighted by Gasteiger charge is 2.23. The minimum atomic E-state index is -1.05. The average molecular weight is 338 g/mol. The number of nitrogens with zero attached hydrogens (tertiary/aromatic N) is 1. The van der Waals surface area contributed by atoms with E-state index in [0.717, 1.165) is 5.56 Å². The maximum absolute atomic E-state index is 13.3. The molecule has 6 heteroatoms. The van der Waals surface area contributed by atoms with E-state index in [1.807, 2.05) is 43.4 Å². The summed E-state index contributed by atoms with van der Waals surface area (Å²) in [5.74, 6) is -1.04. The van der Waals surface area contributed by atoms with E-state index in [4.69, 9.17) is 5.73 Å². The van der Waals surface area contributed by atoms with Crippen LogP contribution in [0.25, 0.3) is 0 Å². The Balaban J connectivity index is 3.33. The van der Waals surface area contributed by atoms with Crippen LogP contribution in [-0.2, 0) is 5.41 Å². The zero-order valence-electron chi connectivity index (χ0n) is 9.17. The number of rotatable bonds is 1. The van der Waals surface area contributed by atoms with Gasteiger partial charge in [-0.15, -0.1) is 0 Å². The third-order valence-corrected chi connectivity index (χ3v) is 3.01. The zero-order chi connectivity index (χ0) is 12.5. The standard InChI is InChI=1S/C10H12FIN2O2/c1-10(2,3)5-4-14-8(11)7(6(5)12)16-9(13)15/h4H,1-3H3,(H2,13,15). The normalized spacial score (nSPS) is 11.3. The van der Waals surface area contributed by atoms with Gasteiger partial charge >= 0.3 is 6.09 Å². The van der Waals surface area contributed by atoms with E-state index in [1.54, 1.807) is 0 Å². The second kappa shape index (κ2) is 4.52. The molecule has 1 heterocycles. The van der Waals surface area contributed by atoms with E-state index in [2.05, 4.69) is 9.72 Å². The number of hydrogen-bond donors (Lipinski definition) is 1. The molecule has 0 atom stereocenters. The highest BCUT2D eigenvalue weighted by Crippen LogP contribution is 2.33. The van der Waals surface area contributed by atoms with E-state index < -0.39 is 12.0 Å². The molecule has 0 spiro atoms. The lowest BCUT2D eigenvalue weighted by Gasteiger charge is -2.21. The van der Waals surface area contributed by atoms with Crippen LogP contribution in [0, 0.1) is 9.52 Å². The SMILES string of the molecule is CC(C)(C)c1cnc(F)c(OC(N)=O)c1I. The number of nitrogens with two attached hydrogens (primary N) is 1. The van der Waals surface area contributed by atoms with Crippen LogP contribution in [0.15, 0.2) is 6.20 Å². The van der Waals surface area contributed by atoms with Gasteiger partial charge in [0.05, 0.1) is 3.57 Å². The van der Waals surface area contributed by atoms with Crippen LogP contribution in [0.3, 0.4) is 0 Å². The monoisotopic (exact) mass is 338 g/mol. The Hall–Kier alpha value is -0.920. The van der Waals surface area contributed by atoms with Crippen LogP contribution in [0.1, 0.15) is 26.3 Å². The first-order valence-corrected chi connectivity index (χ1v) is 5.63. The lowest BCUT2D eigenvalue weighted by Crippen LogP contribution is -2.20. The summed E-state index contributed by atoms with van der Waals surface area (Å²) < 4.78 is 18.4. The summed E-state index contributed by atoms with van der Waals surface area (Å²) in [6, 6.07) is 0. The number of pyridine rings is 1. The summed E-state index contributed by atoms with van der Waals surface area (Å²) in [4.78, 5) is 14.2. The number of carbonyl (C=O) groups excluding carboxylic acids is 1. The molecule has 0 fully saturated rings. The molecule has 0 radical (unpaired) electrons. The predicted octanol–water partition coefficient (Wildman–Crippen LogP) is 2.58. The van der Waals surface area contributed by atoms with Crippen LogP contribution < -0.4 is 10.5 Å². The number of carbonyl (C=O) groups is 1. The average Bonchev–Trinajstić information content (AvgIpc) is 2.09. The summed E-state index contributed by atoms with van der Waals surface area (Å²) in [5, 5.41) is 0. The van der Waals surface area contributed by atoms with E-state index in [-0.39, 0.29) is 11.2 Å². The van der Waals surface area contributed by atoms with Crippen LogP contribution in [0.5, 0.6) is 5.75 Å². The van der Waals surface area contributed by atoms with Crippen molar-refractivity contribution < 1.29 is 13.9 Å². The maximum atomic E-state index is 13.3. The Kier molecular flexibility index (Phi) is 3.72. The van der Waals surface area contributed by atoms with Crippen molar-refractivity contribution in [3.05, 3.63) is 21.3 Å². The van der Waals surface area contributed by atoms with Gasteiger partial charge in [0.2, 0.25) is 5.75 Å². The second-order valence-corrected chi connectivity index (χ2v) is 5.36. The number of primary amides is 1. The molecule has 88 valence electrons. The number of hydrogen-bond acceptors (Lipinski definition) is 3. The molecular formula is C10H12FIN2O2. The zero-order valence-corrected chi connectivity index (χ0v) is 11.3. The lowest BCUT2D eigenvalue weighted by atomic mass is 9.88. The Bertz CT molecular complexity index is 430. The van der Waals surface area contributed by atoms with E-state index in [1.165, 1.54) is 6.20 Å². The van der Waals surface area contributed by atoms with Gasteiger partial charge in [-0.2, -0.15) is 4.39 Å². The summed E-state index contributed by atoms with van der Waals surface area (Å²) in [7, 11) is 0. The van der Waals surface area contributed by atoms with Crippen molar-refractivity contribution in [3.8, 4) is 5.75 Å². The molecule has 0 aliphatic heterocycles. The van der Waals surface area contributed by atoms with E-state index >= 15 is 0 Å². The Morgan fingerprint density at radius 3 is 2.56 bits per heavy atom. The van der Waals surface area contributed by atoms with Crippen molar-refractivity contribution in [2.75, 3.05) is 0 Å². The minimum absolute atomic E-state index is 0.208. The fourth-order valence-electron chi connectivity index (χ4n) is 1.16. The van der Waals surface area contributed by atoms with Gasteiger partial charge in [0.25, 0.3) is 5.95 Å². The van der Waals surface area contributed by atoms with E-state index in [0.29, 0.717) is 3.57 Å². The lowest BCUT2D eigenvalue weighted by molar-refractivity contribution is 0.207. The van der Waals surface area contributed by atoms with Gasteiger partial charge in [-0.25, -0.2) is 9.78 Å². The molecule has 1 aromatic rings. The first-order chi connectivity index (χ1) is 7.23. The van der Waals surface area contributed by atoms with Crippen molar-refractivity contribution in [2.24, 2.45) is 5.73 Å². The topological polar surface area (TPSA) is 65.2 Å². The van der Waals surface area contributed by atoms with Crippen molar-refractivity contribution in [1.82, 2.24) is 4.98 Å². The number of halogens is 2. The molecule has 1 amide bonds. The van der Waals surface area contributed by atoms with Crippen molar-refractivity contribution in [1.29, 1.82) is 0 Å². The van der Waals surface area contributed by atoms with Gasteiger partial charge in [0.1, 0.15) is 0 Å². The van der Waals surface area contributed by atoms with Crippen LogP contribution in [0.4, 0.5) is 9.18 Å². The molecule has 2 N–H and O–H groups in total. The third kappa shape index (κ3) is 2.81. The van der Waals surface area contributed by atoms with Gasteiger partial charge in [-0.1, -0.05) is 20.8 Å². The molecule has 1 aromatic heterocycles. The summed E-state index contributed by atoms with van der Waals surface area (Å²) >= 11 is 1.91. The van der Waals surface area contributed by atoms with Crippen LogP contribution in [-0.4, -0.2) is 11.1 Å². The second-order valence-electron chi connectivity index (χ2n) is 4.28. The van der Waals surface area contributed by atoms with E-state index in [9.17, 15) is 9.18 Å². The van der Waals surface area contributed by atoms with Crippen LogP contribution in [0.2, 0.25) is 0 Å². The van der Waals surface area contributed by atoms with Gasteiger partial charge in [-0.3, -0.25) is 0 Å². The Morgan fingerprint density at radius 1 is 1.56 bits per heavy atom. The van der Waals surface area contributed by atoms with Gasteiger partial charge < -0.3 is 10.5 Å². The largest absolute Gasteiger partial charge is 0.410 e. The van der Waals surface area contributed by atoms with Gasteiger partial charge in [0, 0.05) is 6.20 Å². The Labute approximate surface area is 107 Å². The highest BCUT2D eigenvalue weighted by molar-refractivity contribution is 14.1. The van der Waals surface area contributed by atoms with Crippen molar-refractivity contribution >= 4 is 28.7 Å². The molecule has 0 aliphatic rings. The van der Waals surface area contributed by atoms with Crippen LogP contribution >= 0.6 is 22.6 Å². The maximum Gasteiger partial charge on any atom is 0.410 e. The minimum Gasteiger partial charge on any atom is -0.404 e. The summed E-state index contributed by atoms with van der Waals surface area (Å²) in [6.45, 7) is 5.87. The number of amides is 1. The fraction of sp³-hybridized carbons (Fsp3) is 0.400. The predicted molar refractivity (Wildman–Crippen MR) is 65.8 cm³/mol.